The maximum absolute atomic E-state index is 12.7. The number of hydrogen-bond acceptors (Lipinski definition) is 4. The molecule has 1 aliphatic carbocycles. The van der Waals surface area contributed by atoms with Crippen LogP contribution in [0.3, 0.4) is 0 Å². The van der Waals surface area contributed by atoms with Gasteiger partial charge in [-0.25, -0.2) is 9.67 Å². The Morgan fingerprint density at radius 3 is 2.54 bits per heavy atom. The van der Waals surface area contributed by atoms with Crippen LogP contribution in [0.15, 0.2) is 24.3 Å². The van der Waals surface area contributed by atoms with Crippen LogP contribution in [-0.4, -0.2) is 32.8 Å². The molecule has 0 unspecified atom stereocenters. The van der Waals surface area contributed by atoms with E-state index in [1.807, 2.05) is 38.1 Å². The zero-order valence-corrected chi connectivity index (χ0v) is 16.6. The van der Waals surface area contributed by atoms with Gasteiger partial charge in [-0.15, -0.1) is 17.5 Å². The highest BCUT2D eigenvalue weighted by Gasteiger charge is 2.33. The van der Waals surface area contributed by atoms with E-state index in [0.717, 1.165) is 37.2 Å². The zero-order valence-electron chi connectivity index (χ0n) is 15.0. The average molecular weight is 398 g/mol. The minimum absolute atomic E-state index is 0. The van der Waals surface area contributed by atoms with Crippen molar-refractivity contribution in [2.45, 2.75) is 51.0 Å². The Morgan fingerprint density at radius 1 is 1.35 bits per heavy atom. The lowest BCUT2D eigenvalue weighted by Gasteiger charge is -2.30. The van der Waals surface area contributed by atoms with E-state index in [-0.39, 0.29) is 24.1 Å². The normalized spacial score (nSPS) is 14.0. The zero-order chi connectivity index (χ0) is 18.0. The lowest BCUT2D eigenvalue weighted by atomic mass is 9.93. The number of carbonyl (C=O) groups excluding carboxylic acids is 1. The Kier molecular flexibility index (Phi) is 6.66. The summed E-state index contributed by atoms with van der Waals surface area (Å²) >= 11 is 6.31. The molecule has 1 aliphatic rings. The summed E-state index contributed by atoms with van der Waals surface area (Å²) in [5, 5.41) is 8.07. The molecule has 3 N–H and O–H groups in total. The van der Waals surface area contributed by atoms with E-state index in [0.29, 0.717) is 17.5 Å². The van der Waals surface area contributed by atoms with Crippen LogP contribution in [0.4, 0.5) is 0 Å². The standard InChI is InChI=1S/C18H24ClN5O.ClH/c1-3-18(4-2,11-20)22-17(25)15-21-16(12-9-10-12)24(23-15)14-8-6-5-7-13(14)19;/h5-8,12H,3-4,9-11,20H2,1-2H3,(H,22,25);1H. The van der Waals surface area contributed by atoms with Crippen molar-refractivity contribution in [3.63, 3.8) is 0 Å². The van der Waals surface area contributed by atoms with Crippen LogP contribution >= 0.6 is 24.0 Å². The number of aromatic nitrogens is 3. The van der Waals surface area contributed by atoms with Crippen LogP contribution in [0.1, 0.15) is 61.9 Å². The number of benzene rings is 1. The molecule has 1 amide bonds. The Hall–Kier alpha value is -1.63. The first-order valence-electron chi connectivity index (χ1n) is 8.78. The maximum atomic E-state index is 12.7. The summed E-state index contributed by atoms with van der Waals surface area (Å²) in [6, 6.07) is 7.45. The topological polar surface area (TPSA) is 85.8 Å². The first-order valence-corrected chi connectivity index (χ1v) is 9.15. The Bertz CT molecular complexity index is 760. The average Bonchev–Trinajstić information content (AvgIpc) is 3.39. The molecule has 0 aliphatic heterocycles. The molecule has 2 aromatic rings. The summed E-state index contributed by atoms with van der Waals surface area (Å²) < 4.78 is 1.71. The summed E-state index contributed by atoms with van der Waals surface area (Å²) in [6.45, 7) is 4.41. The van der Waals surface area contributed by atoms with Gasteiger partial charge in [0.2, 0.25) is 5.82 Å². The van der Waals surface area contributed by atoms with Crippen molar-refractivity contribution in [3.8, 4) is 5.69 Å². The second-order valence-corrected chi connectivity index (χ2v) is 6.98. The van der Waals surface area contributed by atoms with Gasteiger partial charge in [-0.05, 0) is 37.8 Å². The van der Waals surface area contributed by atoms with Crippen LogP contribution in [0, 0.1) is 0 Å². The number of hydrogen-bond donors (Lipinski definition) is 2. The molecule has 1 aromatic carbocycles. The summed E-state index contributed by atoms with van der Waals surface area (Å²) in [6.07, 6.45) is 3.63. The molecule has 142 valence electrons. The predicted octanol–water partition coefficient (Wildman–Crippen LogP) is 3.47. The van der Waals surface area contributed by atoms with Gasteiger partial charge in [0, 0.05) is 12.5 Å². The third kappa shape index (κ3) is 4.03. The third-order valence-corrected chi connectivity index (χ3v) is 5.30. The van der Waals surface area contributed by atoms with E-state index in [2.05, 4.69) is 15.4 Å². The second kappa shape index (κ2) is 8.37. The number of nitrogens with two attached hydrogens (primary N) is 1. The first-order chi connectivity index (χ1) is 12.0. The van der Waals surface area contributed by atoms with Crippen molar-refractivity contribution in [2.75, 3.05) is 6.54 Å². The number of rotatable bonds is 7. The molecular weight excluding hydrogens is 373 g/mol. The van der Waals surface area contributed by atoms with Crippen molar-refractivity contribution < 1.29 is 4.79 Å². The van der Waals surface area contributed by atoms with Crippen molar-refractivity contribution >= 4 is 29.9 Å². The molecule has 26 heavy (non-hydrogen) atoms. The van der Waals surface area contributed by atoms with Crippen molar-refractivity contribution in [3.05, 3.63) is 40.9 Å². The van der Waals surface area contributed by atoms with Gasteiger partial charge in [-0.1, -0.05) is 37.6 Å². The number of carbonyl (C=O) groups is 1. The molecule has 1 heterocycles. The third-order valence-electron chi connectivity index (χ3n) is 4.98. The van der Waals surface area contributed by atoms with E-state index in [1.54, 1.807) is 4.68 Å². The predicted molar refractivity (Wildman–Crippen MR) is 105 cm³/mol. The first kappa shape index (κ1) is 20.7. The number of nitrogens with one attached hydrogen (secondary N) is 1. The molecular formula is C18H25Cl2N5O. The van der Waals surface area contributed by atoms with Crippen LogP contribution in [0.5, 0.6) is 0 Å². The molecule has 1 saturated carbocycles. The Labute approximate surface area is 164 Å². The minimum atomic E-state index is -0.424. The number of amides is 1. The van der Waals surface area contributed by atoms with E-state index < -0.39 is 5.54 Å². The molecule has 1 aromatic heterocycles. The molecule has 1 fully saturated rings. The smallest absolute Gasteiger partial charge is 0.291 e. The Morgan fingerprint density at radius 2 is 2.00 bits per heavy atom. The summed E-state index contributed by atoms with van der Waals surface area (Å²) in [4.78, 5) is 17.2. The lowest BCUT2D eigenvalue weighted by Crippen LogP contribution is -2.53. The van der Waals surface area contributed by atoms with Gasteiger partial charge in [0.1, 0.15) is 5.82 Å². The largest absolute Gasteiger partial charge is 0.343 e. The molecule has 0 bridgehead atoms. The second-order valence-electron chi connectivity index (χ2n) is 6.58. The van der Waals surface area contributed by atoms with Crippen LogP contribution in [0.2, 0.25) is 5.02 Å². The van der Waals surface area contributed by atoms with Gasteiger partial charge in [0.15, 0.2) is 0 Å². The SMILES string of the molecule is CCC(CC)(CN)NC(=O)c1nc(C2CC2)n(-c2ccccc2Cl)n1.Cl. The number of nitrogens with zero attached hydrogens (tertiary/aromatic N) is 3. The maximum Gasteiger partial charge on any atom is 0.291 e. The van der Waals surface area contributed by atoms with Gasteiger partial charge in [0.05, 0.1) is 16.2 Å². The molecule has 8 heteroatoms. The quantitative estimate of drug-likeness (QED) is 0.748. The van der Waals surface area contributed by atoms with Gasteiger partial charge in [-0.2, -0.15) is 0 Å². The molecule has 3 rings (SSSR count). The van der Waals surface area contributed by atoms with Crippen LogP contribution in [0.25, 0.3) is 5.69 Å². The fraction of sp³-hybridized carbons (Fsp3) is 0.500. The number of para-hydroxylation sites is 1. The highest BCUT2D eigenvalue weighted by atomic mass is 35.5. The molecule has 0 atom stereocenters. The Balaban J connectivity index is 0.00000243. The highest BCUT2D eigenvalue weighted by Crippen LogP contribution is 2.40. The summed E-state index contributed by atoms with van der Waals surface area (Å²) in [5.74, 6) is 1.01. The van der Waals surface area contributed by atoms with Crippen molar-refractivity contribution in [1.82, 2.24) is 20.1 Å². The minimum Gasteiger partial charge on any atom is -0.343 e. The van der Waals surface area contributed by atoms with E-state index in [1.165, 1.54) is 0 Å². The molecule has 0 saturated heterocycles. The molecule has 0 radical (unpaired) electrons. The summed E-state index contributed by atoms with van der Waals surface area (Å²) in [5.41, 5.74) is 6.20. The monoisotopic (exact) mass is 397 g/mol. The molecule has 6 nitrogen and oxygen atoms in total. The molecule has 0 spiro atoms. The van der Waals surface area contributed by atoms with Crippen molar-refractivity contribution in [2.24, 2.45) is 5.73 Å². The van der Waals surface area contributed by atoms with E-state index in [4.69, 9.17) is 17.3 Å². The fourth-order valence-electron chi connectivity index (χ4n) is 2.89. The summed E-state index contributed by atoms with van der Waals surface area (Å²) in [7, 11) is 0. The van der Waals surface area contributed by atoms with Gasteiger partial charge >= 0.3 is 0 Å². The highest BCUT2D eigenvalue weighted by molar-refractivity contribution is 6.32. The lowest BCUT2D eigenvalue weighted by molar-refractivity contribution is 0.0884. The van der Waals surface area contributed by atoms with E-state index >= 15 is 0 Å². The number of halogens is 2. The van der Waals surface area contributed by atoms with Crippen molar-refractivity contribution in [1.29, 1.82) is 0 Å². The fourth-order valence-corrected chi connectivity index (χ4v) is 3.11. The van der Waals surface area contributed by atoms with E-state index in [9.17, 15) is 4.79 Å². The van der Waals surface area contributed by atoms with Crippen LogP contribution in [-0.2, 0) is 0 Å². The van der Waals surface area contributed by atoms with Gasteiger partial charge < -0.3 is 11.1 Å². The van der Waals surface area contributed by atoms with Gasteiger partial charge in [0.25, 0.3) is 5.91 Å². The van der Waals surface area contributed by atoms with Gasteiger partial charge in [-0.3, -0.25) is 4.79 Å². The van der Waals surface area contributed by atoms with Crippen LogP contribution < -0.4 is 11.1 Å².